The Bertz CT molecular complexity index is 748. The number of ether oxygens (including phenoxy) is 1. The van der Waals surface area contributed by atoms with Crippen LogP contribution in [0, 0.1) is 0 Å². The summed E-state index contributed by atoms with van der Waals surface area (Å²) in [5.41, 5.74) is 2.17. The second kappa shape index (κ2) is 9.19. The van der Waals surface area contributed by atoms with Crippen molar-refractivity contribution >= 4 is 35.0 Å². The maximum absolute atomic E-state index is 12.5. The molecule has 0 radical (unpaired) electrons. The molecule has 1 aliphatic rings. The number of piperazine rings is 1. The summed E-state index contributed by atoms with van der Waals surface area (Å²) in [5, 5.41) is 0.762. The Morgan fingerprint density at radius 2 is 1.77 bits per heavy atom. The minimum absolute atomic E-state index is 0.196. The van der Waals surface area contributed by atoms with Gasteiger partial charge in [-0.3, -0.25) is 4.79 Å². The highest BCUT2D eigenvalue weighted by Gasteiger charge is 2.22. The summed E-state index contributed by atoms with van der Waals surface area (Å²) in [4.78, 5) is 16.7. The Balaban J connectivity index is 1.47. The summed E-state index contributed by atoms with van der Waals surface area (Å²) in [6.07, 6.45) is 0. The minimum atomic E-state index is 0.196. The molecule has 1 heterocycles. The van der Waals surface area contributed by atoms with Crippen LogP contribution >= 0.6 is 23.4 Å². The molecule has 0 aromatic heterocycles. The molecule has 3 rings (SSSR count). The van der Waals surface area contributed by atoms with Gasteiger partial charge in [-0.15, -0.1) is 11.8 Å². The van der Waals surface area contributed by atoms with E-state index in [4.69, 9.17) is 16.3 Å². The van der Waals surface area contributed by atoms with Crippen LogP contribution in [0.2, 0.25) is 5.02 Å². The number of benzene rings is 2. The molecule has 0 unspecified atom stereocenters. The third-order valence-corrected chi connectivity index (χ3v) is 5.83. The summed E-state index contributed by atoms with van der Waals surface area (Å²) in [5.74, 6) is 2.32. The monoisotopic (exact) mass is 390 g/mol. The molecule has 6 heteroatoms. The van der Waals surface area contributed by atoms with Gasteiger partial charge in [-0.25, -0.2) is 0 Å². The predicted octanol–water partition coefficient (Wildman–Crippen LogP) is 3.93. The van der Waals surface area contributed by atoms with Crippen molar-refractivity contribution in [2.45, 2.75) is 5.75 Å². The fraction of sp³-hybridized carbons (Fsp3) is 0.350. The predicted molar refractivity (Wildman–Crippen MR) is 109 cm³/mol. The molecule has 2 aromatic carbocycles. The number of amides is 1. The lowest BCUT2D eigenvalue weighted by Crippen LogP contribution is -2.49. The molecule has 0 saturated carbocycles. The fourth-order valence-electron chi connectivity index (χ4n) is 3.04. The van der Waals surface area contributed by atoms with Crippen molar-refractivity contribution in [2.24, 2.45) is 0 Å². The molecule has 1 fully saturated rings. The van der Waals surface area contributed by atoms with Gasteiger partial charge in [0.1, 0.15) is 5.75 Å². The smallest absolute Gasteiger partial charge is 0.232 e. The Morgan fingerprint density at radius 1 is 1.08 bits per heavy atom. The maximum Gasteiger partial charge on any atom is 0.232 e. The second-order valence-corrected chi connectivity index (χ2v) is 7.52. The maximum atomic E-state index is 12.5. The van der Waals surface area contributed by atoms with Crippen molar-refractivity contribution in [3.8, 4) is 5.75 Å². The lowest BCUT2D eigenvalue weighted by molar-refractivity contribution is -0.128. The normalized spacial score (nSPS) is 14.4. The van der Waals surface area contributed by atoms with Crippen LogP contribution in [-0.4, -0.2) is 49.8 Å². The van der Waals surface area contributed by atoms with Crippen LogP contribution in [0.15, 0.2) is 48.5 Å². The van der Waals surface area contributed by atoms with E-state index in [9.17, 15) is 4.79 Å². The number of thioether (sulfide) groups is 1. The largest absolute Gasteiger partial charge is 0.495 e. The van der Waals surface area contributed by atoms with Gasteiger partial charge in [-0.1, -0.05) is 41.9 Å². The summed E-state index contributed by atoms with van der Waals surface area (Å²) in [6, 6.07) is 15.8. The summed E-state index contributed by atoms with van der Waals surface area (Å²) in [7, 11) is 1.69. The Hall–Kier alpha value is -1.85. The number of rotatable bonds is 6. The first-order valence-electron chi connectivity index (χ1n) is 8.66. The SMILES string of the molecule is COc1ccccc1N1CCN(C(=O)CSCc2ccccc2Cl)CC1. The number of para-hydroxylation sites is 2. The standard InChI is InChI=1S/C20H23ClN2O2S/c1-25-19-9-5-4-8-18(19)22-10-12-23(13-11-22)20(24)15-26-14-16-6-2-3-7-17(16)21/h2-9H,10-15H2,1H3. The number of hydrogen-bond donors (Lipinski definition) is 0. The molecule has 0 spiro atoms. The third kappa shape index (κ3) is 4.65. The quantitative estimate of drug-likeness (QED) is 0.748. The van der Waals surface area contributed by atoms with Crippen molar-refractivity contribution < 1.29 is 9.53 Å². The van der Waals surface area contributed by atoms with Crippen LogP contribution in [0.4, 0.5) is 5.69 Å². The highest BCUT2D eigenvalue weighted by atomic mass is 35.5. The van der Waals surface area contributed by atoms with Crippen LogP contribution in [0.3, 0.4) is 0 Å². The zero-order chi connectivity index (χ0) is 18.4. The Kier molecular flexibility index (Phi) is 6.69. The van der Waals surface area contributed by atoms with Crippen LogP contribution < -0.4 is 9.64 Å². The van der Waals surface area contributed by atoms with Gasteiger partial charge >= 0.3 is 0 Å². The van der Waals surface area contributed by atoms with E-state index in [1.54, 1.807) is 18.9 Å². The van der Waals surface area contributed by atoms with E-state index < -0.39 is 0 Å². The zero-order valence-corrected chi connectivity index (χ0v) is 16.4. The molecule has 1 saturated heterocycles. The number of nitrogens with zero attached hydrogens (tertiary/aromatic N) is 2. The number of carbonyl (C=O) groups excluding carboxylic acids is 1. The van der Waals surface area contributed by atoms with Crippen molar-refractivity contribution in [2.75, 3.05) is 43.9 Å². The van der Waals surface area contributed by atoms with E-state index in [0.29, 0.717) is 5.75 Å². The van der Waals surface area contributed by atoms with Gasteiger partial charge in [0.05, 0.1) is 18.6 Å². The number of halogens is 1. The first-order valence-corrected chi connectivity index (χ1v) is 10.2. The van der Waals surface area contributed by atoms with E-state index in [1.165, 1.54) is 0 Å². The Labute approximate surface area is 164 Å². The molecule has 1 amide bonds. The van der Waals surface area contributed by atoms with Gasteiger partial charge in [0, 0.05) is 37.0 Å². The lowest BCUT2D eigenvalue weighted by atomic mass is 10.2. The van der Waals surface area contributed by atoms with E-state index >= 15 is 0 Å². The first kappa shape index (κ1) is 18.9. The van der Waals surface area contributed by atoms with Gasteiger partial charge in [0.15, 0.2) is 0 Å². The number of carbonyl (C=O) groups is 1. The summed E-state index contributed by atoms with van der Waals surface area (Å²) in [6.45, 7) is 3.12. The van der Waals surface area contributed by atoms with E-state index in [2.05, 4.69) is 11.0 Å². The number of hydrogen-bond acceptors (Lipinski definition) is 4. The number of anilines is 1. The number of methoxy groups -OCH3 is 1. The summed E-state index contributed by atoms with van der Waals surface area (Å²) < 4.78 is 5.44. The zero-order valence-electron chi connectivity index (χ0n) is 14.9. The van der Waals surface area contributed by atoms with Crippen molar-refractivity contribution in [1.82, 2.24) is 4.90 Å². The van der Waals surface area contributed by atoms with Crippen molar-refractivity contribution in [1.29, 1.82) is 0 Å². The van der Waals surface area contributed by atoms with Gasteiger partial charge in [0.25, 0.3) is 0 Å². The molecular formula is C20H23ClN2O2S. The van der Waals surface area contributed by atoms with E-state index in [0.717, 1.165) is 54.0 Å². The summed E-state index contributed by atoms with van der Waals surface area (Å²) >= 11 is 7.78. The molecule has 1 aliphatic heterocycles. The molecule has 0 N–H and O–H groups in total. The van der Waals surface area contributed by atoms with E-state index in [-0.39, 0.29) is 5.91 Å². The third-order valence-electron chi connectivity index (χ3n) is 4.50. The molecule has 4 nitrogen and oxygen atoms in total. The molecule has 26 heavy (non-hydrogen) atoms. The molecule has 0 aliphatic carbocycles. The van der Waals surface area contributed by atoms with E-state index in [1.807, 2.05) is 47.4 Å². The molecule has 138 valence electrons. The van der Waals surface area contributed by atoms with Crippen molar-refractivity contribution in [3.05, 3.63) is 59.1 Å². The average Bonchev–Trinajstić information content (AvgIpc) is 2.69. The molecule has 0 bridgehead atoms. The van der Waals surface area contributed by atoms with Gasteiger partial charge in [0.2, 0.25) is 5.91 Å². The molecule has 2 aromatic rings. The van der Waals surface area contributed by atoms with Gasteiger partial charge in [-0.2, -0.15) is 0 Å². The highest BCUT2D eigenvalue weighted by Crippen LogP contribution is 2.28. The average molecular weight is 391 g/mol. The Morgan fingerprint density at radius 3 is 2.50 bits per heavy atom. The van der Waals surface area contributed by atoms with Gasteiger partial charge < -0.3 is 14.5 Å². The van der Waals surface area contributed by atoms with Crippen molar-refractivity contribution in [3.63, 3.8) is 0 Å². The lowest BCUT2D eigenvalue weighted by Gasteiger charge is -2.36. The minimum Gasteiger partial charge on any atom is -0.495 e. The first-order chi connectivity index (χ1) is 12.7. The fourth-order valence-corrected chi connectivity index (χ4v) is 4.26. The van der Waals surface area contributed by atoms with Crippen LogP contribution in [0.25, 0.3) is 0 Å². The molecule has 0 atom stereocenters. The van der Waals surface area contributed by atoms with Crippen LogP contribution in [-0.2, 0) is 10.5 Å². The van der Waals surface area contributed by atoms with Crippen LogP contribution in [0.5, 0.6) is 5.75 Å². The topological polar surface area (TPSA) is 32.8 Å². The van der Waals surface area contributed by atoms with Crippen LogP contribution in [0.1, 0.15) is 5.56 Å². The molecular weight excluding hydrogens is 368 g/mol. The second-order valence-electron chi connectivity index (χ2n) is 6.12. The van der Waals surface area contributed by atoms with Gasteiger partial charge in [-0.05, 0) is 23.8 Å². The highest BCUT2D eigenvalue weighted by molar-refractivity contribution is 7.99.